The highest BCUT2D eigenvalue weighted by Crippen LogP contribution is 2.12. The second-order valence-corrected chi connectivity index (χ2v) is 7.65. The number of hydrogen-bond acceptors (Lipinski definition) is 5. The lowest BCUT2D eigenvalue weighted by Crippen LogP contribution is -2.53. The maximum atomic E-state index is 12.1. The van der Waals surface area contributed by atoms with E-state index in [4.69, 9.17) is 15.2 Å². The summed E-state index contributed by atoms with van der Waals surface area (Å²) in [5.41, 5.74) is 5.68. The zero-order valence-corrected chi connectivity index (χ0v) is 18.8. The van der Waals surface area contributed by atoms with Gasteiger partial charge in [-0.2, -0.15) is 0 Å². The van der Waals surface area contributed by atoms with Crippen LogP contribution in [0.1, 0.15) is 27.7 Å². The second kappa shape index (κ2) is 10.5. The number of hydrogen-bond donors (Lipinski definition) is 1. The Morgan fingerprint density at radius 3 is 2.19 bits per heavy atom. The lowest BCUT2D eigenvalue weighted by Gasteiger charge is -2.36. The molecule has 0 bridgehead atoms. The van der Waals surface area contributed by atoms with Gasteiger partial charge in [0.15, 0.2) is 5.96 Å². The minimum atomic E-state index is -0.468. The molecule has 26 heavy (non-hydrogen) atoms. The van der Waals surface area contributed by atoms with Crippen molar-refractivity contribution in [2.75, 3.05) is 59.0 Å². The van der Waals surface area contributed by atoms with Gasteiger partial charge >= 0.3 is 6.09 Å². The summed E-state index contributed by atoms with van der Waals surface area (Å²) in [4.78, 5) is 22.8. The lowest BCUT2D eigenvalue weighted by molar-refractivity contribution is 0.0184. The Morgan fingerprint density at radius 1 is 1.12 bits per heavy atom. The molecule has 0 aromatic heterocycles. The van der Waals surface area contributed by atoms with Crippen LogP contribution in [0.5, 0.6) is 0 Å². The molecule has 152 valence electrons. The van der Waals surface area contributed by atoms with Crippen LogP contribution in [0, 0.1) is 0 Å². The first-order chi connectivity index (χ1) is 11.8. The number of aliphatic imine (C=N–C) groups is 1. The van der Waals surface area contributed by atoms with Crippen molar-refractivity contribution in [2.45, 2.75) is 39.3 Å². The molecule has 0 aromatic carbocycles. The predicted octanol–water partition coefficient (Wildman–Crippen LogP) is 1.19. The van der Waals surface area contributed by atoms with Crippen LogP contribution in [0.4, 0.5) is 4.79 Å². The summed E-state index contributed by atoms with van der Waals surface area (Å²) < 4.78 is 10.8. The number of morpholine rings is 1. The summed E-state index contributed by atoms with van der Waals surface area (Å²) in [6, 6.07) is 0.352. The molecule has 2 aliphatic rings. The van der Waals surface area contributed by atoms with Crippen LogP contribution in [-0.4, -0.2) is 97.4 Å². The first-order valence-electron chi connectivity index (χ1n) is 9.11. The number of nitrogens with two attached hydrogens (primary N) is 1. The monoisotopic (exact) mass is 483 g/mol. The van der Waals surface area contributed by atoms with E-state index in [-0.39, 0.29) is 30.1 Å². The molecule has 1 unspecified atom stereocenters. The largest absolute Gasteiger partial charge is 0.444 e. The van der Waals surface area contributed by atoms with E-state index in [0.29, 0.717) is 44.7 Å². The van der Waals surface area contributed by atoms with E-state index in [0.717, 1.165) is 26.3 Å². The third-order valence-electron chi connectivity index (χ3n) is 4.44. The minimum absolute atomic E-state index is 0. The number of nitrogens with zero attached hydrogens (tertiary/aromatic N) is 4. The molecular formula is C17H34IN5O3. The van der Waals surface area contributed by atoms with Crippen molar-refractivity contribution in [2.24, 2.45) is 10.7 Å². The third kappa shape index (κ3) is 7.43. The van der Waals surface area contributed by atoms with Crippen LogP contribution >= 0.6 is 24.0 Å². The molecule has 1 amide bonds. The maximum Gasteiger partial charge on any atom is 0.410 e. The summed E-state index contributed by atoms with van der Waals surface area (Å²) in [5.74, 6) is 0.559. The summed E-state index contributed by atoms with van der Waals surface area (Å²) in [5, 5.41) is 0. The van der Waals surface area contributed by atoms with E-state index in [1.54, 1.807) is 4.90 Å². The van der Waals surface area contributed by atoms with Crippen molar-refractivity contribution >= 4 is 36.0 Å². The fourth-order valence-electron chi connectivity index (χ4n) is 2.90. The summed E-state index contributed by atoms with van der Waals surface area (Å²) in [7, 11) is 0. The van der Waals surface area contributed by atoms with Gasteiger partial charge in [-0.15, -0.1) is 24.0 Å². The second-order valence-electron chi connectivity index (χ2n) is 7.65. The van der Waals surface area contributed by atoms with Crippen molar-refractivity contribution in [1.82, 2.24) is 14.7 Å². The zero-order chi connectivity index (χ0) is 18.4. The SMILES string of the molecule is CC(CN=C(N)N1CCN(C(=O)OC(C)(C)C)CC1)N1CCOCC1.I. The van der Waals surface area contributed by atoms with E-state index >= 15 is 0 Å². The van der Waals surface area contributed by atoms with Crippen molar-refractivity contribution in [3.05, 3.63) is 0 Å². The van der Waals surface area contributed by atoms with Gasteiger partial charge in [0.2, 0.25) is 0 Å². The Hall–Kier alpha value is -0.810. The molecular weight excluding hydrogens is 449 g/mol. The Kier molecular flexibility index (Phi) is 9.39. The molecule has 0 saturated carbocycles. The van der Waals surface area contributed by atoms with Crippen molar-refractivity contribution in [1.29, 1.82) is 0 Å². The van der Waals surface area contributed by atoms with E-state index in [2.05, 4.69) is 16.8 Å². The van der Waals surface area contributed by atoms with Crippen LogP contribution in [-0.2, 0) is 9.47 Å². The van der Waals surface area contributed by atoms with Gasteiger partial charge in [-0.25, -0.2) is 4.79 Å². The molecule has 2 N–H and O–H groups in total. The number of amides is 1. The lowest BCUT2D eigenvalue weighted by atomic mass is 10.2. The Morgan fingerprint density at radius 2 is 1.65 bits per heavy atom. The summed E-state index contributed by atoms with van der Waals surface area (Å²) in [6.45, 7) is 14.5. The Balaban J connectivity index is 0.00000338. The number of rotatable bonds is 3. The first-order valence-corrected chi connectivity index (χ1v) is 9.11. The average Bonchev–Trinajstić information content (AvgIpc) is 2.58. The van der Waals surface area contributed by atoms with E-state index in [9.17, 15) is 4.79 Å². The van der Waals surface area contributed by atoms with Gasteiger partial charge in [-0.1, -0.05) is 0 Å². The molecule has 2 heterocycles. The standard InChI is InChI=1S/C17H33N5O3.HI/c1-14(20-9-11-24-12-10-20)13-19-15(18)21-5-7-22(8-6-21)16(23)25-17(2,3)4;/h14H,5-13H2,1-4H3,(H2,18,19);1H. The number of halogens is 1. The highest BCUT2D eigenvalue weighted by Gasteiger charge is 2.26. The summed E-state index contributed by atoms with van der Waals surface area (Å²) in [6.07, 6.45) is -0.261. The Labute approximate surface area is 174 Å². The molecule has 2 saturated heterocycles. The molecule has 0 radical (unpaired) electrons. The van der Waals surface area contributed by atoms with Crippen molar-refractivity contribution in [3.8, 4) is 0 Å². The molecule has 2 rings (SSSR count). The van der Waals surface area contributed by atoms with Gasteiger partial charge in [0.25, 0.3) is 0 Å². The fourth-order valence-corrected chi connectivity index (χ4v) is 2.90. The maximum absolute atomic E-state index is 12.1. The van der Waals surface area contributed by atoms with Crippen LogP contribution in [0.2, 0.25) is 0 Å². The summed E-state index contributed by atoms with van der Waals surface area (Å²) >= 11 is 0. The third-order valence-corrected chi connectivity index (χ3v) is 4.44. The van der Waals surface area contributed by atoms with Crippen LogP contribution in [0.3, 0.4) is 0 Å². The molecule has 2 aliphatic heterocycles. The van der Waals surface area contributed by atoms with Gasteiger partial charge in [-0.3, -0.25) is 9.89 Å². The quantitative estimate of drug-likeness (QED) is 0.369. The molecule has 0 aromatic rings. The van der Waals surface area contributed by atoms with Gasteiger partial charge in [0.1, 0.15) is 5.60 Å². The van der Waals surface area contributed by atoms with Gasteiger partial charge in [0, 0.05) is 45.3 Å². The molecule has 8 nitrogen and oxygen atoms in total. The molecule has 2 fully saturated rings. The van der Waals surface area contributed by atoms with E-state index in [1.807, 2.05) is 25.7 Å². The topological polar surface area (TPSA) is 83.6 Å². The normalized spacial score (nSPS) is 21.2. The van der Waals surface area contributed by atoms with Crippen LogP contribution < -0.4 is 5.73 Å². The minimum Gasteiger partial charge on any atom is -0.444 e. The number of ether oxygens (including phenoxy) is 2. The number of carbonyl (C=O) groups is 1. The first kappa shape index (κ1) is 23.2. The smallest absolute Gasteiger partial charge is 0.410 e. The van der Waals surface area contributed by atoms with E-state index < -0.39 is 5.60 Å². The molecule has 0 spiro atoms. The molecule has 0 aliphatic carbocycles. The Bertz CT molecular complexity index is 470. The van der Waals surface area contributed by atoms with Crippen LogP contribution in [0.25, 0.3) is 0 Å². The van der Waals surface area contributed by atoms with Crippen LogP contribution in [0.15, 0.2) is 4.99 Å². The molecule has 9 heteroatoms. The zero-order valence-electron chi connectivity index (χ0n) is 16.4. The average molecular weight is 483 g/mol. The van der Waals surface area contributed by atoms with Crippen molar-refractivity contribution < 1.29 is 14.3 Å². The van der Waals surface area contributed by atoms with Gasteiger partial charge < -0.3 is 25.0 Å². The predicted molar refractivity (Wildman–Crippen MR) is 113 cm³/mol. The number of guanidine groups is 1. The highest BCUT2D eigenvalue weighted by molar-refractivity contribution is 14.0. The number of carbonyl (C=O) groups excluding carboxylic acids is 1. The van der Waals surface area contributed by atoms with Crippen molar-refractivity contribution in [3.63, 3.8) is 0 Å². The molecule has 1 atom stereocenters. The van der Waals surface area contributed by atoms with Gasteiger partial charge in [-0.05, 0) is 27.7 Å². The van der Waals surface area contributed by atoms with Gasteiger partial charge in [0.05, 0.1) is 19.8 Å². The van der Waals surface area contributed by atoms with E-state index in [1.165, 1.54) is 0 Å². The number of piperazine rings is 1. The fraction of sp³-hybridized carbons (Fsp3) is 0.882. The highest BCUT2D eigenvalue weighted by atomic mass is 127.